The number of rotatable bonds is 8. The smallest absolute Gasteiger partial charge is 0.235 e. The lowest BCUT2D eigenvalue weighted by atomic mass is 10.0. The number of hydrogen-bond acceptors (Lipinski definition) is 7. The molecule has 12 heteroatoms. The maximum absolute atomic E-state index is 14.7. The largest absolute Gasteiger partial charge is 0.478 e. The van der Waals surface area contributed by atoms with Crippen molar-refractivity contribution in [2.24, 2.45) is 0 Å². The quantitative estimate of drug-likeness (QED) is 0.361. The zero-order valence-electron chi connectivity index (χ0n) is 20.3. The Balaban J connectivity index is 1.39. The molecule has 4 heterocycles. The molecule has 1 saturated heterocycles. The summed E-state index contributed by atoms with van der Waals surface area (Å²) in [6, 6.07) is 9.25. The highest BCUT2D eigenvalue weighted by atomic mass is 32.2. The topological polar surface area (TPSA) is 98.1 Å². The highest BCUT2D eigenvalue weighted by Crippen LogP contribution is 2.36. The third-order valence-electron chi connectivity index (χ3n) is 6.56. The van der Waals surface area contributed by atoms with Gasteiger partial charge in [0.25, 0.3) is 0 Å². The molecule has 2 fully saturated rings. The zero-order valence-corrected chi connectivity index (χ0v) is 21.1. The van der Waals surface area contributed by atoms with Crippen LogP contribution in [0.2, 0.25) is 0 Å². The summed E-state index contributed by atoms with van der Waals surface area (Å²) in [5.74, 6) is -1.01. The van der Waals surface area contributed by atoms with E-state index in [4.69, 9.17) is 9.47 Å². The number of aromatic nitrogens is 3. The van der Waals surface area contributed by atoms with Crippen LogP contribution in [0.25, 0.3) is 27.9 Å². The first-order valence-electron chi connectivity index (χ1n) is 12.2. The van der Waals surface area contributed by atoms with E-state index in [1.165, 1.54) is 6.07 Å². The van der Waals surface area contributed by atoms with Crippen LogP contribution in [0, 0.1) is 11.6 Å². The Kier molecular flexibility index (Phi) is 6.46. The predicted molar refractivity (Wildman–Crippen MR) is 137 cm³/mol. The van der Waals surface area contributed by atoms with Gasteiger partial charge in [0.05, 0.1) is 36.4 Å². The van der Waals surface area contributed by atoms with Gasteiger partial charge in [-0.3, -0.25) is 14.6 Å². The average molecular weight is 542 g/mol. The van der Waals surface area contributed by atoms with Gasteiger partial charge in [-0.25, -0.2) is 21.7 Å². The summed E-state index contributed by atoms with van der Waals surface area (Å²) in [6.45, 7) is 3.34. The van der Waals surface area contributed by atoms with E-state index in [9.17, 15) is 17.2 Å². The molecule has 198 valence electrons. The molecule has 0 amide bonds. The number of fused-ring (bicyclic) bond motifs is 1. The van der Waals surface area contributed by atoms with E-state index in [-0.39, 0.29) is 11.4 Å². The molecule has 1 aliphatic heterocycles. The number of halogens is 2. The SMILES string of the molecule is O=S(=O)(Nc1cc(-c2ncc(F)cc2F)cc(-c2cnn3ccc(OCN4CCOCC4)cc23)c1)C1CC1. The van der Waals surface area contributed by atoms with Crippen LogP contribution in [0.5, 0.6) is 5.75 Å². The number of ether oxygens (including phenoxy) is 2. The fourth-order valence-corrected chi connectivity index (χ4v) is 5.77. The number of morpholine rings is 1. The number of hydrogen-bond donors (Lipinski definition) is 1. The van der Waals surface area contributed by atoms with Crippen molar-refractivity contribution in [3.05, 3.63) is 66.6 Å². The monoisotopic (exact) mass is 541 g/mol. The molecule has 0 unspecified atom stereocenters. The second-order valence-electron chi connectivity index (χ2n) is 9.38. The summed E-state index contributed by atoms with van der Waals surface area (Å²) >= 11 is 0. The Morgan fingerprint density at radius 2 is 1.84 bits per heavy atom. The van der Waals surface area contributed by atoms with E-state index in [0.717, 1.165) is 25.4 Å². The summed E-state index contributed by atoms with van der Waals surface area (Å²) in [5, 5.41) is 3.97. The second kappa shape index (κ2) is 9.93. The third kappa shape index (κ3) is 5.19. The molecule has 3 aromatic heterocycles. The number of pyridine rings is 2. The molecule has 1 aliphatic carbocycles. The molecule has 1 saturated carbocycles. The van der Waals surface area contributed by atoms with Gasteiger partial charge in [0, 0.05) is 48.2 Å². The molecular weight excluding hydrogens is 516 g/mol. The summed E-state index contributed by atoms with van der Waals surface area (Å²) in [5.41, 5.74) is 2.44. The summed E-state index contributed by atoms with van der Waals surface area (Å²) < 4.78 is 69.2. The standard InChI is InChI=1S/C26H25F2N5O4S/c27-19-12-24(28)26(29-14-19)18-9-17(10-20(11-18)31-38(34,35)22-1-2-22)23-15-30-33-4-3-21(13-25(23)33)37-16-32-5-7-36-8-6-32/h3-4,9-15,22,31H,1-2,5-8,16H2. The molecule has 2 aliphatic rings. The van der Waals surface area contributed by atoms with Gasteiger partial charge in [-0.05, 0) is 42.7 Å². The van der Waals surface area contributed by atoms with Gasteiger partial charge in [-0.15, -0.1) is 0 Å². The molecule has 1 aromatic carbocycles. The normalized spacial score (nSPS) is 16.6. The van der Waals surface area contributed by atoms with Crippen LogP contribution in [0.15, 0.2) is 55.0 Å². The maximum atomic E-state index is 14.7. The Labute approximate surface area is 218 Å². The average Bonchev–Trinajstić information content (AvgIpc) is 3.68. The third-order valence-corrected chi connectivity index (χ3v) is 8.43. The molecule has 9 nitrogen and oxygen atoms in total. The maximum Gasteiger partial charge on any atom is 0.235 e. The Hall–Kier alpha value is -3.61. The van der Waals surface area contributed by atoms with Crippen LogP contribution in [0.1, 0.15) is 12.8 Å². The Morgan fingerprint density at radius 1 is 1.05 bits per heavy atom. The Bertz CT molecular complexity index is 1600. The van der Waals surface area contributed by atoms with E-state index in [1.807, 2.05) is 12.1 Å². The van der Waals surface area contributed by atoms with Crippen LogP contribution in [-0.4, -0.2) is 66.2 Å². The highest BCUT2D eigenvalue weighted by molar-refractivity contribution is 7.93. The predicted octanol–water partition coefficient (Wildman–Crippen LogP) is 3.91. The van der Waals surface area contributed by atoms with Crippen molar-refractivity contribution in [2.75, 3.05) is 37.8 Å². The minimum atomic E-state index is -3.59. The van der Waals surface area contributed by atoms with Gasteiger partial charge in [0.2, 0.25) is 10.0 Å². The molecular formula is C26H25F2N5O4S. The number of nitrogens with zero attached hydrogens (tertiary/aromatic N) is 4. The van der Waals surface area contributed by atoms with E-state index in [1.54, 1.807) is 29.0 Å². The Morgan fingerprint density at radius 3 is 2.61 bits per heavy atom. The highest BCUT2D eigenvalue weighted by Gasteiger charge is 2.36. The van der Waals surface area contributed by atoms with Crippen molar-refractivity contribution in [3.8, 4) is 28.1 Å². The summed E-state index contributed by atoms with van der Waals surface area (Å²) in [6.07, 6.45) is 5.53. The molecule has 4 aromatic rings. The second-order valence-corrected chi connectivity index (χ2v) is 11.3. The first-order chi connectivity index (χ1) is 18.4. The lowest BCUT2D eigenvalue weighted by molar-refractivity contribution is 0.00408. The van der Waals surface area contributed by atoms with Crippen LogP contribution < -0.4 is 9.46 Å². The zero-order chi connectivity index (χ0) is 26.3. The van der Waals surface area contributed by atoms with Crippen molar-refractivity contribution >= 4 is 21.2 Å². The molecule has 0 atom stereocenters. The van der Waals surface area contributed by atoms with E-state index >= 15 is 0 Å². The van der Waals surface area contributed by atoms with Gasteiger partial charge in [0.15, 0.2) is 5.82 Å². The van der Waals surface area contributed by atoms with Crippen molar-refractivity contribution < 1.29 is 26.7 Å². The van der Waals surface area contributed by atoms with Gasteiger partial charge < -0.3 is 9.47 Å². The minimum absolute atomic E-state index is 0.0915. The van der Waals surface area contributed by atoms with Crippen LogP contribution in [0.3, 0.4) is 0 Å². The van der Waals surface area contributed by atoms with Crippen molar-refractivity contribution in [1.82, 2.24) is 19.5 Å². The summed E-state index contributed by atoms with van der Waals surface area (Å²) in [4.78, 5) is 6.07. The van der Waals surface area contributed by atoms with Crippen molar-refractivity contribution in [1.29, 1.82) is 0 Å². The molecule has 0 bridgehead atoms. The summed E-state index contributed by atoms with van der Waals surface area (Å²) in [7, 11) is -3.59. The lowest BCUT2D eigenvalue weighted by Crippen LogP contribution is -2.38. The van der Waals surface area contributed by atoms with E-state index < -0.39 is 26.9 Å². The van der Waals surface area contributed by atoms with E-state index in [2.05, 4.69) is 19.7 Å². The van der Waals surface area contributed by atoms with Gasteiger partial charge >= 0.3 is 0 Å². The van der Waals surface area contributed by atoms with Crippen LogP contribution >= 0.6 is 0 Å². The van der Waals surface area contributed by atoms with E-state index in [0.29, 0.717) is 60.7 Å². The lowest BCUT2D eigenvalue weighted by Gasteiger charge is -2.26. The molecule has 6 rings (SSSR count). The minimum Gasteiger partial charge on any atom is -0.478 e. The van der Waals surface area contributed by atoms with Crippen molar-refractivity contribution in [3.63, 3.8) is 0 Å². The fourth-order valence-electron chi connectivity index (χ4n) is 4.40. The van der Waals surface area contributed by atoms with Crippen LogP contribution in [0.4, 0.5) is 14.5 Å². The number of anilines is 1. The molecule has 0 radical (unpaired) electrons. The number of nitrogens with one attached hydrogen (secondary N) is 1. The first-order valence-corrected chi connectivity index (χ1v) is 13.8. The van der Waals surface area contributed by atoms with Gasteiger partial charge in [-0.2, -0.15) is 5.10 Å². The number of sulfonamides is 1. The first kappa shape index (κ1) is 24.7. The molecule has 38 heavy (non-hydrogen) atoms. The van der Waals surface area contributed by atoms with Gasteiger partial charge in [-0.1, -0.05) is 0 Å². The van der Waals surface area contributed by atoms with Gasteiger partial charge in [0.1, 0.15) is 24.0 Å². The molecule has 0 spiro atoms. The van der Waals surface area contributed by atoms with Crippen LogP contribution in [-0.2, 0) is 14.8 Å². The molecule has 1 N–H and O–H groups in total. The fraction of sp³-hybridized carbons (Fsp3) is 0.308. The number of benzene rings is 1. The van der Waals surface area contributed by atoms with Crippen molar-refractivity contribution in [2.45, 2.75) is 18.1 Å².